The molecule has 170 valence electrons. The van der Waals surface area contributed by atoms with Crippen molar-refractivity contribution in [1.82, 2.24) is 14.3 Å². The molecule has 0 atom stereocenters. The SMILES string of the molecule is CCc1cccc(C)c1NC(=O)Cn1ncc2c(C)n(Cc3ccc(F)cc3)c(C)c2c1=O. The van der Waals surface area contributed by atoms with Gasteiger partial charge in [0, 0.05) is 29.0 Å². The predicted octanol–water partition coefficient (Wildman–Crippen LogP) is 4.51. The lowest BCUT2D eigenvalue weighted by Crippen LogP contribution is -2.30. The molecule has 0 aliphatic heterocycles. The van der Waals surface area contributed by atoms with Crippen LogP contribution in [0.15, 0.2) is 53.5 Å². The lowest BCUT2D eigenvalue weighted by Gasteiger charge is -2.13. The number of carbonyl (C=O) groups is 1. The zero-order chi connectivity index (χ0) is 23.7. The maximum absolute atomic E-state index is 13.3. The van der Waals surface area contributed by atoms with E-state index < -0.39 is 0 Å². The summed E-state index contributed by atoms with van der Waals surface area (Å²) in [6.45, 7) is 8.13. The Morgan fingerprint density at radius 2 is 1.79 bits per heavy atom. The minimum absolute atomic E-state index is 0.173. The molecular formula is C26H27FN4O2. The molecule has 0 aliphatic rings. The van der Waals surface area contributed by atoms with Gasteiger partial charge in [-0.2, -0.15) is 5.10 Å². The van der Waals surface area contributed by atoms with Crippen LogP contribution in [0.4, 0.5) is 10.1 Å². The van der Waals surface area contributed by atoms with Crippen molar-refractivity contribution in [3.63, 3.8) is 0 Å². The summed E-state index contributed by atoms with van der Waals surface area (Å²) in [7, 11) is 0. The molecule has 0 aliphatic carbocycles. The van der Waals surface area contributed by atoms with Crippen molar-refractivity contribution in [3.8, 4) is 0 Å². The van der Waals surface area contributed by atoms with Crippen LogP contribution in [0.25, 0.3) is 10.8 Å². The summed E-state index contributed by atoms with van der Waals surface area (Å²) in [6, 6.07) is 12.2. The summed E-state index contributed by atoms with van der Waals surface area (Å²) in [5.74, 6) is -0.583. The van der Waals surface area contributed by atoms with Crippen LogP contribution < -0.4 is 10.9 Å². The van der Waals surface area contributed by atoms with E-state index in [1.807, 2.05) is 50.5 Å². The smallest absolute Gasteiger partial charge is 0.276 e. The second kappa shape index (κ2) is 9.02. The van der Waals surface area contributed by atoms with Gasteiger partial charge < -0.3 is 9.88 Å². The van der Waals surface area contributed by atoms with Crippen LogP contribution in [0.2, 0.25) is 0 Å². The number of nitrogens with zero attached hydrogens (tertiary/aromatic N) is 3. The molecule has 33 heavy (non-hydrogen) atoms. The molecule has 7 heteroatoms. The Bertz CT molecular complexity index is 1400. The van der Waals surface area contributed by atoms with Gasteiger partial charge >= 0.3 is 0 Å². The first-order chi connectivity index (χ1) is 15.8. The van der Waals surface area contributed by atoms with Gasteiger partial charge in [0.05, 0.1) is 11.6 Å². The average molecular weight is 447 g/mol. The molecule has 1 N–H and O–H groups in total. The molecule has 0 radical (unpaired) electrons. The number of fused-ring (bicyclic) bond motifs is 1. The van der Waals surface area contributed by atoms with E-state index >= 15 is 0 Å². The lowest BCUT2D eigenvalue weighted by molar-refractivity contribution is -0.117. The second-order valence-corrected chi connectivity index (χ2v) is 8.29. The van der Waals surface area contributed by atoms with Gasteiger partial charge in [-0.1, -0.05) is 37.3 Å². The number of para-hydroxylation sites is 1. The van der Waals surface area contributed by atoms with Crippen LogP contribution in [0.3, 0.4) is 0 Å². The quantitative estimate of drug-likeness (QED) is 0.474. The van der Waals surface area contributed by atoms with Crippen molar-refractivity contribution in [2.75, 3.05) is 5.32 Å². The fourth-order valence-corrected chi connectivity index (χ4v) is 4.28. The maximum atomic E-state index is 13.3. The number of hydrogen-bond donors (Lipinski definition) is 1. The monoisotopic (exact) mass is 446 g/mol. The van der Waals surface area contributed by atoms with E-state index in [4.69, 9.17) is 0 Å². The third kappa shape index (κ3) is 4.31. The van der Waals surface area contributed by atoms with Crippen molar-refractivity contribution in [1.29, 1.82) is 0 Å². The molecule has 6 nitrogen and oxygen atoms in total. The zero-order valence-electron chi connectivity index (χ0n) is 19.3. The number of amides is 1. The van der Waals surface area contributed by atoms with E-state index in [0.717, 1.165) is 45.6 Å². The van der Waals surface area contributed by atoms with E-state index in [-0.39, 0.29) is 23.8 Å². The van der Waals surface area contributed by atoms with Gasteiger partial charge in [-0.15, -0.1) is 0 Å². The van der Waals surface area contributed by atoms with Crippen LogP contribution in [-0.4, -0.2) is 20.3 Å². The first-order valence-electron chi connectivity index (χ1n) is 11.0. The van der Waals surface area contributed by atoms with E-state index in [2.05, 4.69) is 10.4 Å². The first-order valence-corrected chi connectivity index (χ1v) is 11.0. The van der Waals surface area contributed by atoms with Crippen molar-refractivity contribution in [2.24, 2.45) is 0 Å². The number of aryl methyl sites for hydroxylation is 4. The molecule has 0 saturated carbocycles. The molecule has 0 bridgehead atoms. The maximum Gasteiger partial charge on any atom is 0.276 e. The number of nitrogens with one attached hydrogen (secondary N) is 1. The Morgan fingerprint density at radius 1 is 1.06 bits per heavy atom. The highest BCUT2D eigenvalue weighted by molar-refractivity contribution is 5.92. The van der Waals surface area contributed by atoms with Gasteiger partial charge in [-0.3, -0.25) is 9.59 Å². The normalized spacial score (nSPS) is 11.2. The topological polar surface area (TPSA) is 68.9 Å². The van der Waals surface area contributed by atoms with Gasteiger partial charge in [0.15, 0.2) is 0 Å². The van der Waals surface area contributed by atoms with Crippen molar-refractivity contribution in [2.45, 2.75) is 47.2 Å². The largest absolute Gasteiger partial charge is 0.343 e. The van der Waals surface area contributed by atoms with E-state index in [9.17, 15) is 14.0 Å². The summed E-state index contributed by atoms with van der Waals surface area (Å²) < 4.78 is 16.5. The number of aromatic nitrogens is 3. The summed E-state index contributed by atoms with van der Waals surface area (Å²) in [4.78, 5) is 26.0. The molecule has 2 heterocycles. The fraction of sp³-hybridized carbons (Fsp3) is 0.269. The Labute approximate surface area is 191 Å². The van der Waals surface area contributed by atoms with Crippen LogP contribution >= 0.6 is 0 Å². The fourth-order valence-electron chi connectivity index (χ4n) is 4.28. The number of rotatable bonds is 6. The average Bonchev–Trinajstić information content (AvgIpc) is 3.03. The summed E-state index contributed by atoms with van der Waals surface area (Å²) >= 11 is 0. The highest BCUT2D eigenvalue weighted by Gasteiger charge is 2.18. The molecule has 0 unspecified atom stereocenters. The number of anilines is 1. The van der Waals surface area contributed by atoms with Crippen LogP contribution in [-0.2, 0) is 24.3 Å². The molecule has 4 rings (SSSR count). The van der Waals surface area contributed by atoms with Gasteiger partial charge in [-0.05, 0) is 56.0 Å². The third-order valence-electron chi connectivity index (χ3n) is 6.16. The summed E-state index contributed by atoms with van der Waals surface area (Å²) in [5.41, 5.74) is 5.13. The Kier molecular flexibility index (Phi) is 6.14. The molecule has 4 aromatic rings. The van der Waals surface area contributed by atoms with E-state index in [0.29, 0.717) is 11.9 Å². The van der Waals surface area contributed by atoms with Crippen molar-refractivity contribution < 1.29 is 9.18 Å². The Balaban J connectivity index is 1.64. The van der Waals surface area contributed by atoms with E-state index in [1.54, 1.807) is 18.3 Å². The lowest BCUT2D eigenvalue weighted by atomic mass is 10.1. The molecule has 0 fully saturated rings. The van der Waals surface area contributed by atoms with E-state index in [1.165, 1.54) is 16.8 Å². The molecular weight excluding hydrogens is 419 g/mol. The van der Waals surface area contributed by atoms with Crippen LogP contribution in [0.1, 0.15) is 35.0 Å². The first kappa shape index (κ1) is 22.5. The summed E-state index contributed by atoms with van der Waals surface area (Å²) in [6.07, 6.45) is 2.43. The van der Waals surface area contributed by atoms with Crippen molar-refractivity contribution in [3.05, 3.63) is 92.9 Å². The van der Waals surface area contributed by atoms with Crippen LogP contribution in [0, 0.1) is 26.6 Å². The second-order valence-electron chi connectivity index (χ2n) is 8.29. The molecule has 0 saturated heterocycles. The van der Waals surface area contributed by atoms with Gasteiger partial charge in [0.2, 0.25) is 5.91 Å². The van der Waals surface area contributed by atoms with Gasteiger partial charge in [-0.25, -0.2) is 9.07 Å². The Hall–Kier alpha value is -3.74. The number of carbonyl (C=O) groups excluding carboxylic acids is 1. The highest BCUT2D eigenvalue weighted by atomic mass is 19.1. The standard InChI is InChI=1S/C26H27FN4O2/c1-5-20-8-6-7-16(2)25(20)29-23(32)15-31-26(33)24-18(4)30(17(3)22(24)13-28-31)14-19-9-11-21(27)12-10-19/h6-13H,5,14-15H2,1-4H3,(H,29,32). The molecule has 1 amide bonds. The zero-order valence-corrected chi connectivity index (χ0v) is 19.3. The Morgan fingerprint density at radius 3 is 2.48 bits per heavy atom. The minimum atomic E-state index is -0.304. The van der Waals surface area contributed by atoms with Crippen LogP contribution in [0.5, 0.6) is 0 Å². The molecule has 2 aromatic heterocycles. The molecule has 2 aromatic carbocycles. The number of benzene rings is 2. The molecule has 0 spiro atoms. The van der Waals surface area contributed by atoms with Gasteiger partial charge in [0.25, 0.3) is 5.56 Å². The van der Waals surface area contributed by atoms with Gasteiger partial charge in [0.1, 0.15) is 12.4 Å². The van der Waals surface area contributed by atoms with Crippen molar-refractivity contribution >= 4 is 22.4 Å². The number of halogens is 1. The third-order valence-corrected chi connectivity index (χ3v) is 6.16. The highest BCUT2D eigenvalue weighted by Crippen LogP contribution is 2.24. The number of hydrogen-bond acceptors (Lipinski definition) is 3. The minimum Gasteiger partial charge on any atom is -0.343 e. The summed E-state index contributed by atoms with van der Waals surface area (Å²) in [5, 5.41) is 8.51. The predicted molar refractivity (Wildman–Crippen MR) is 128 cm³/mol.